The quantitative estimate of drug-likeness (QED) is 0.885. The van der Waals surface area contributed by atoms with Crippen molar-refractivity contribution in [1.29, 1.82) is 0 Å². The minimum atomic E-state index is -0.215. The third-order valence-electron chi connectivity index (χ3n) is 5.45. The van der Waals surface area contributed by atoms with Crippen molar-refractivity contribution in [3.8, 4) is 0 Å². The second-order valence-corrected chi connectivity index (χ2v) is 6.95. The highest BCUT2D eigenvalue weighted by Gasteiger charge is 2.37. The van der Waals surface area contributed by atoms with Crippen molar-refractivity contribution in [2.24, 2.45) is 11.8 Å². The Labute approximate surface area is 135 Å². The number of fused-ring (bicyclic) bond motifs is 1. The number of aliphatic hydroxyl groups excluding tert-OH is 1. The van der Waals surface area contributed by atoms with E-state index in [0.29, 0.717) is 29.8 Å². The van der Waals surface area contributed by atoms with Crippen LogP contribution in [0.5, 0.6) is 0 Å². The van der Waals surface area contributed by atoms with Gasteiger partial charge in [0.05, 0.1) is 19.1 Å². The molecule has 3 heterocycles. The van der Waals surface area contributed by atoms with Crippen LogP contribution >= 0.6 is 0 Å². The Bertz CT molecular complexity index is 680. The molecule has 0 amide bonds. The number of anilines is 1. The Hall–Kier alpha value is -1.73. The van der Waals surface area contributed by atoms with E-state index < -0.39 is 0 Å². The predicted octanol–water partition coefficient (Wildman–Crippen LogP) is 1.24. The zero-order chi connectivity index (χ0) is 15.8. The summed E-state index contributed by atoms with van der Waals surface area (Å²) in [5.41, 5.74) is 7.25. The first kappa shape index (κ1) is 14.8. The van der Waals surface area contributed by atoms with E-state index in [2.05, 4.69) is 19.9 Å². The average Bonchev–Trinajstić information content (AvgIpc) is 3.14. The van der Waals surface area contributed by atoms with Gasteiger partial charge in [0.15, 0.2) is 11.5 Å². The standard InChI is InChI=1S/C16H24N6O/c17-15-14-16(19-8-18-15)22(9-20-14)10-21-6-12(13(23)7-21)11-4-2-1-3-5-11/h8-9,11-13,23H,1-7,10H2,(H2,17,18,19)/t12-,13+/m1/s1. The maximum Gasteiger partial charge on any atom is 0.166 e. The van der Waals surface area contributed by atoms with Crippen LogP contribution in [0.3, 0.4) is 0 Å². The Morgan fingerprint density at radius 1 is 1.13 bits per heavy atom. The van der Waals surface area contributed by atoms with E-state index in [9.17, 15) is 5.11 Å². The lowest BCUT2D eigenvalue weighted by molar-refractivity contribution is 0.0962. The van der Waals surface area contributed by atoms with E-state index in [1.54, 1.807) is 6.33 Å². The minimum Gasteiger partial charge on any atom is -0.391 e. The largest absolute Gasteiger partial charge is 0.391 e. The van der Waals surface area contributed by atoms with Gasteiger partial charge in [-0.05, 0) is 5.92 Å². The molecule has 2 aromatic heterocycles. The number of nitrogens with zero attached hydrogens (tertiary/aromatic N) is 5. The minimum absolute atomic E-state index is 0.215. The zero-order valence-corrected chi connectivity index (χ0v) is 13.3. The molecule has 1 saturated carbocycles. The zero-order valence-electron chi connectivity index (χ0n) is 13.3. The van der Waals surface area contributed by atoms with Gasteiger partial charge in [0.25, 0.3) is 0 Å². The Balaban J connectivity index is 1.47. The van der Waals surface area contributed by atoms with Crippen molar-refractivity contribution >= 4 is 17.0 Å². The molecule has 2 aromatic rings. The first-order chi connectivity index (χ1) is 11.2. The summed E-state index contributed by atoms with van der Waals surface area (Å²) in [5.74, 6) is 1.50. The number of hydrogen-bond donors (Lipinski definition) is 2. The van der Waals surface area contributed by atoms with Crippen molar-refractivity contribution in [3.63, 3.8) is 0 Å². The van der Waals surface area contributed by atoms with Crippen LogP contribution in [0, 0.1) is 11.8 Å². The molecule has 2 atom stereocenters. The van der Waals surface area contributed by atoms with Gasteiger partial charge in [-0.2, -0.15) is 0 Å². The summed E-state index contributed by atoms with van der Waals surface area (Å²) in [7, 11) is 0. The smallest absolute Gasteiger partial charge is 0.166 e. The molecule has 0 aromatic carbocycles. The number of β-amino-alcohol motifs (C(OH)–C–C–N with tert-alkyl or cyclic N) is 1. The molecule has 1 aliphatic carbocycles. The number of nitrogen functional groups attached to an aromatic ring is 1. The fourth-order valence-electron chi connectivity index (χ4n) is 4.25. The Morgan fingerprint density at radius 3 is 2.78 bits per heavy atom. The van der Waals surface area contributed by atoms with Crippen LogP contribution in [0.1, 0.15) is 32.1 Å². The maximum atomic E-state index is 10.5. The van der Waals surface area contributed by atoms with E-state index in [1.807, 2.05) is 4.57 Å². The van der Waals surface area contributed by atoms with Crippen LogP contribution in [0.15, 0.2) is 12.7 Å². The lowest BCUT2D eigenvalue weighted by Gasteiger charge is -2.29. The van der Waals surface area contributed by atoms with Gasteiger partial charge in [0, 0.05) is 19.0 Å². The molecule has 0 bridgehead atoms. The molecule has 1 aliphatic heterocycles. The van der Waals surface area contributed by atoms with Crippen molar-refractivity contribution in [2.45, 2.75) is 44.9 Å². The summed E-state index contributed by atoms with van der Waals surface area (Å²) in [5, 5.41) is 10.5. The molecule has 0 radical (unpaired) electrons. The molecule has 2 aliphatic rings. The van der Waals surface area contributed by atoms with Crippen LogP contribution < -0.4 is 5.73 Å². The normalized spacial score (nSPS) is 27.0. The van der Waals surface area contributed by atoms with Crippen LogP contribution in [-0.2, 0) is 6.67 Å². The molecule has 1 saturated heterocycles. The summed E-state index contributed by atoms with van der Waals surface area (Å²) < 4.78 is 1.99. The summed E-state index contributed by atoms with van der Waals surface area (Å²) in [6, 6.07) is 0. The number of imidazole rings is 1. The molecule has 7 heteroatoms. The molecule has 2 fully saturated rings. The topological polar surface area (TPSA) is 93.1 Å². The number of hydrogen-bond acceptors (Lipinski definition) is 6. The highest BCUT2D eigenvalue weighted by Crippen LogP contribution is 2.35. The van der Waals surface area contributed by atoms with Crippen LogP contribution in [0.4, 0.5) is 5.82 Å². The molecular weight excluding hydrogens is 292 g/mol. The van der Waals surface area contributed by atoms with E-state index in [4.69, 9.17) is 5.73 Å². The summed E-state index contributed by atoms with van der Waals surface area (Å²) >= 11 is 0. The fourth-order valence-corrected chi connectivity index (χ4v) is 4.25. The van der Waals surface area contributed by atoms with Crippen LogP contribution in [0.2, 0.25) is 0 Å². The third kappa shape index (κ3) is 2.79. The van der Waals surface area contributed by atoms with Gasteiger partial charge in [0.2, 0.25) is 0 Å². The van der Waals surface area contributed by atoms with Crippen LogP contribution in [0.25, 0.3) is 11.2 Å². The summed E-state index contributed by atoms with van der Waals surface area (Å²) in [6.45, 7) is 2.36. The van der Waals surface area contributed by atoms with Gasteiger partial charge < -0.3 is 15.4 Å². The highest BCUT2D eigenvalue weighted by atomic mass is 16.3. The molecular formula is C16H24N6O. The Kier molecular flexibility index (Phi) is 3.90. The van der Waals surface area contributed by atoms with Crippen LogP contribution in [-0.4, -0.2) is 48.7 Å². The number of aromatic nitrogens is 4. The molecule has 3 N–H and O–H groups in total. The lowest BCUT2D eigenvalue weighted by Crippen LogP contribution is -2.28. The van der Waals surface area contributed by atoms with Gasteiger partial charge in [-0.1, -0.05) is 32.1 Å². The number of rotatable bonds is 3. The van der Waals surface area contributed by atoms with Crippen molar-refractivity contribution in [3.05, 3.63) is 12.7 Å². The van der Waals surface area contributed by atoms with E-state index >= 15 is 0 Å². The second-order valence-electron chi connectivity index (χ2n) is 6.95. The first-order valence-corrected chi connectivity index (χ1v) is 8.54. The predicted molar refractivity (Wildman–Crippen MR) is 87.4 cm³/mol. The van der Waals surface area contributed by atoms with E-state index in [1.165, 1.54) is 38.4 Å². The molecule has 7 nitrogen and oxygen atoms in total. The van der Waals surface area contributed by atoms with E-state index in [0.717, 1.165) is 18.7 Å². The van der Waals surface area contributed by atoms with Gasteiger partial charge in [-0.25, -0.2) is 15.0 Å². The van der Waals surface area contributed by atoms with Crippen molar-refractivity contribution in [2.75, 3.05) is 18.8 Å². The maximum absolute atomic E-state index is 10.5. The average molecular weight is 316 g/mol. The molecule has 0 unspecified atom stereocenters. The van der Waals surface area contributed by atoms with Crippen molar-refractivity contribution in [1.82, 2.24) is 24.4 Å². The van der Waals surface area contributed by atoms with E-state index in [-0.39, 0.29) is 6.10 Å². The van der Waals surface area contributed by atoms with Gasteiger partial charge in [0.1, 0.15) is 11.8 Å². The van der Waals surface area contributed by atoms with Gasteiger partial charge in [-0.15, -0.1) is 0 Å². The number of aliphatic hydroxyl groups is 1. The molecule has 4 rings (SSSR count). The number of nitrogens with two attached hydrogens (primary N) is 1. The fraction of sp³-hybridized carbons (Fsp3) is 0.688. The molecule has 0 spiro atoms. The third-order valence-corrected chi connectivity index (χ3v) is 5.45. The summed E-state index contributed by atoms with van der Waals surface area (Å²) in [6.07, 6.45) is 9.54. The lowest BCUT2D eigenvalue weighted by atomic mass is 9.79. The molecule has 23 heavy (non-hydrogen) atoms. The summed E-state index contributed by atoms with van der Waals surface area (Å²) in [4.78, 5) is 14.9. The first-order valence-electron chi connectivity index (χ1n) is 8.54. The Morgan fingerprint density at radius 2 is 1.96 bits per heavy atom. The van der Waals surface area contributed by atoms with Gasteiger partial charge in [-0.3, -0.25) is 4.90 Å². The van der Waals surface area contributed by atoms with Gasteiger partial charge >= 0.3 is 0 Å². The molecule has 124 valence electrons. The number of likely N-dealkylation sites (tertiary alicyclic amines) is 1. The van der Waals surface area contributed by atoms with Crippen molar-refractivity contribution < 1.29 is 5.11 Å². The monoisotopic (exact) mass is 316 g/mol. The SMILES string of the molecule is Nc1ncnc2c1ncn2CN1C[C@H](C2CCCCC2)[C@@H](O)C1. The second kappa shape index (κ2) is 6.05. The highest BCUT2D eigenvalue weighted by molar-refractivity contribution is 5.80.